The fourth-order valence-corrected chi connectivity index (χ4v) is 2.88. The van der Waals surface area contributed by atoms with Crippen LogP contribution in [0.4, 0.5) is 15.8 Å². The normalized spacial score (nSPS) is 16.9. The summed E-state index contributed by atoms with van der Waals surface area (Å²) in [6, 6.07) is 3.77. The second kappa shape index (κ2) is 5.56. The van der Waals surface area contributed by atoms with E-state index >= 15 is 0 Å². The predicted molar refractivity (Wildman–Crippen MR) is 71.8 cm³/mol. The van der Waals surface area contributed by atoms with Gasteiger partial charge in [-0.2, -0.15) is 11.8 Å². The first-order valence-corrected chi connectivity index (χ1v) is 7.11. The summed E-state index contributed by atoms with van der Waals surface area (Å²) in [6.45, 7) is 1.65. The third kappa shape index (κ3) is 2.93. The predicted octanol–water partition coefficient (Wildman–Crippen LogP) is 3.07. The van der Waals surface area contributed by atoms with Crippen LogP contribution in [0.3, 0.4) is 0 Å². The van der Waals surface area contributed by atoms with Crippen LogP contribution in [0, 0.1) is 15.9 Å². The summed E-state index contributed by atoms with van der Waals surface area (Å²) in [6.07, 6.45) is 4.16. The van der Waals surface area contributed by atoms with Crippen LogP contribution in [-0.2, 0) is 0 Å². The molecule has 98 valence electrons. The Morgan fingerprint density at radius 1 is 1.39 bits per heavy atom. The molecule has 1 saturated heterocycles. The summed E-state index contributed by atoms with van der Waals surface area (Å²) in [5.74, 6) is -0.550. The van der Waals surface area contributed by atoms with Crippen molar-refractivity contribution in [1.82, 2.24) is 0 Å². The summed E-state index contributed by atoms with van der Waals surface area (Å²) in [4.78, 5) is 12.2. The van der Waals surface area contributed by atoms with Gasteiger partial charge in [0.1, 0.15) is 5.82 Å². The molecule has 1 heterocycles. The molecule has 0 amide bonds. The number of nitrogens with zero attached hydrogens (tertiary/aromatic N) is 2. The van der Waals surface area contributed by atoms with E-state index in [2.05, 4.69) is 6.26 Å². The Hall–Kier alpha value is -1.30. The SMILES string of the molecule is CSC1CCN(c2cc(F)cc([N+](=O)[O-])c2)CC1. The molecular weight excluding hydrogens is 255 g/mol. The summed E-state index contributed by atoms with van der Waals surface area (Å²) < 4.78 is 13.4. The number of hydrogen-bond acceptors (Lipinski definition) is 4. The summed E-state index contributed by atoms with van der Waals surface area (Å²) in [5, 5.41) is 11.3. The van der Waals surface area contributed by atoms with Crippen molar-refractivity contribution in [3.05, 3.63) is 34.1 Å². The molecule has 0 unspecified atom stereocenters. The molecule has 6 heteroatoms. The van der Waals surface area contributed by atoms with Crippen molar-refractivity contribution in [2.45, 2.75) is 18.1 Å². The highest BCUT2D eigenvalue weighted by Gasteiger charge is 2.20. The minimum absolute atomic E-state index is 0.183. The van der Waals surface area contributed by atoms with Gasteiger partial charge in [0, 0.05) is 30.1 Å². The van der Waals surface area contributed by atoms with Gasteiger partial charge in [-0.3, -0.25) is 10.1 Å². The molecule has 0 radical (unpaired) electrons. The zero-order valence-electron chi connectivity index (χ0n) is 10.1. The Labute approximate surface area is 109 Å². The third-order valence-electron chi connectivity index (χ3n) is 3.22. The zero-order chi connectivity index (χ0) is 13.1. The number of nitro groups is 1. The van der Waals surface area contributed by atoms with Crippen LogP contribution in [-0.4, -0.2) is 29.5 Å². The summed E-state index contributed by atoms with van der Waals surface area (Å²) in [5.41, 5.74) is 0.429. The molecule has 2 rings (SSSR count). The molecule has 1 aromatic rings. The van der Waals surface area contributed by atoms with E-state index in [-0.39, 0.29) is 5.69 Å². The Kier molecular flexibility index (Phi) is 4.06. The molecule has 0 spiro atoms. The minimum atomic E-state index is -0.554. The third-order valence-corrected chi connectivity index (χ3v) is 4.36. The van der Waals surface area contributed by atoms with Gasteiger partial charge in [-0.1, -0.05) is 0 Å². The quantitative estimate of drug-likeness (QED) is 0.625. The fourth-order valence-electron chi connectivity index (χ4n) is 2.20. The molecule has 1 fully saturated rings. The van der Waals surface area contributed by atoms with Crippen molar-refractivity contribution in [2.75, 3.05) is 24.2 Å². The van der Waals surface area contributed by atoms with Crippen LogP contribution in [0.1, 0.15) is 12.8 Å². The molecule has 18 heavy (non-hydrogen) atoms. The van der Waals surface area contributed by atoms with Gasteiger partial charge in [0.25, 0.3) is 5.69 Å². The minimum Gasteiger partial charge on any atom is -0.371 e. The first-order chi connectivity index (χ1) is 8.60. The van der Waals surface area contributed by atoms with Gasteiger partial charge in [0.15, 0.2) is 0 Å². The highest BCUT2D eigenvalue weighted by Crippen LogP contribution is 2.28. The highest BCUT2D eigenvalue weighted by molar-refractivity contribution is 7.99. The lowest BCUT2D eigenvalue weighted by Gasteiger charge is -2.32. The first-order valence-electron chi connectivity index (χ1n) is 5.83. The van der Waals surface area contributed by atoms with Gasteiger partial charge >= 0.3 is 0 Å². The average Bonchev–Trinajstić information content (AvgIpc) is 2.38. The van der Waals surface area contributed by atoms with Crippen LogP contribution in [0.2, 0.25) is 0 Å². The lowest BCUT2D eigenvalue weighted by Crippen LogP contribution is -2.34. The molecule has 1 aliphatic heterocycles. The molecule has 1 aromatic carbocycles. The monoisotopic (exact) mass is 270 g/mol. The van der Waals surface area contributed by atoms with Crippen LogP contribution in [0.5, 0.6) is 0 Å². The van der Waals surface area contributed by atoms with Crippen molar-refractivity contribution in [2.24, 2.45) is 0 Å². The number of non-ortho nitro benzene ring substituents is 1. The van der Waals surface area contributed by atoms with Crippen LogP contribution in [0.15, 0.2) is 18.2 Å². The molecule has 0 saturated carbocycles. The van der Waals surface area contributed by atoms with Gasteiger partial charge in [-0.25, -0.2) is 4.39 Å². The van der Waals surface area contributed by atoms with Gasteiger partial charge in [0.2, 0.25) is 0 Å². The highest BCUT2D eigenvalue weighted by atomic mass is 32.2. The van der Waals surface area contributed by atoms with E-state index in [0.717, 1.165) is 32.0 Å². The second-order valence-electron chi connectivity index (χ2n) is 4.35. The zero-order valence-corrected chi connectivity index (χ0v) is 11.0. The first kappa shape index (κ1) is 13.1. The van der Waals surface area contributed by atoms with Gasteiger partial charge in [-0.15, -0.1) is 0 Å². The van der Waals surface area contributed by atoms with Crippen molar-refractivity contribution < 1.29 is 9.31 Å². The number of halogens is 1. The number of anilines is 1. The Bertz CT molecular complexity index is 448. The lowest BCUT2D eigenvalue weighted by molar-refractivity contribution is -0.385. The molecule has 0 bridgehead atoms. The number of nitro benzene ring substituents is 1. The number of rotatable bonds is 3. The molecule has 0 aromatic heterocycles. The molecule has 4 nitrogen and oxygen atoms in total. The number of thioether (sulfide) groups is 1. The molecular formula is C12H15FN2O2S. The number of piperidine rings is 1. The van der Waals surface area contributed by atoms with E-state index in [9.17, 15) is 14.5 Å². The van der Waals surface area contributed by atoms with Crippen LogP contribution < -0.4 is 4.90 Å². The topological polar surface area (TPSA) is 46.4 Å². The van der Waals surface area contributed by atoms with E-state index in [0.29, 0.717) is 10.9 Å². The van der Waals surface area contributed by atoms with Crippen LogP contribution in [0.25, 0.3) is 0 Å². The molecule has 0 atom stereocenters. The van der Waals surface area contributed by atoms with E-state index in [1.807, 2.05) is 16.7 Å². The van der Waals surface area contributed by atoms with Crippen molar-refractivity contribution in [3.63, 3.8) is 0 Å². The Balaban J connectivity index is 2.16. The summed E-state index contributed by atoms with van der Waals surface area (Å²) in [7, 11) is 0. The van der Waals surface area contributed by atoms with E-state index in [1.54, 1.807) is 0 Å². The van der Waals surface area contributed by atoms with E-state index in [4.69, 9.17) is 0 Å². The largest absolute Gasteiger partial charge is 0.371 e. The van der Waals surface area contributed by atoms with Crippen molar-refractivity contribution in [1.29, 1.82) is 0 Å². The van der Waals surface area contributed by atoms with Crippen LogP contribution >= 0.6 is 11.8 Å². The lowest BCUT2D eigenvalue weighted by atomic mass is 10.1. The maximum absolute atomic E-state index is 13.4. The average molecular weight is 270 g/mol. The maximum atomic E-state index is 13.4. The maximum Gasteiger partial charge on any atom is 0.274 e. The van der Waals surface area contributed by atoms with Crippen molar-refractivity contribution >= 4 is 23.1 Å². The van der Waals surface area contributed by atoms with E-state index < -0.39 is 10.7 Å². The Morgan fingerprint density at radius 2 is 2.06 bits per heavy atom. The summed E-state index contributed by atoms with van der Waals surface area (Å²) >= 11 is 1.85. The van der Waals surface area contributed by atoms with Gasteiger partial charge in [0.05, 0.1) is 11.0 Å². The molecule has 1 aliphatic rings. The van der Waals surface area contributed by atoms with Crippen molar-refractivity contribution in [3.8, 4) is 0 Å². The number of hydrogen-bond donors (Lipinski definition) is 0. The second-order valence-corrected chi connectivity index (χ2v) is 5.48. The molecule has 0 aliphatic carbocycles. The smallest absolute Gasteiger partial charge is 0.274 e. The van der Waals surface area contributed by atoms with Gasteiger partial charge < -0.3 is 4.90 Å². The number of benzene rings is 1. The molecule has 0 N–H and O–H groups in total. The van der Waals surface area contributed by atoms with E-state index in [1.165, 1.54) is 12.1 Å². The Morgan fingerprint density at radius 3 is 2.61 bits per heavy atom. The fraction of sp³-hybridized carbons (Fsp3) is 0.500. The standard InChI is InChI=1S/C12H15FN2O2S/c1-18-12-2-4-14(5-3-12)10-6-9(13)7-11(8-10)15(16)17/h6-8,12H,2-5H2,1H3. The van der Waals surface area contributed by atoms with Gasteiger partial charge in [-0.05, 0) is 25.2 Å².